The van der Waals surface area contributed by atoms with Crippen molar-refractivity contribution in [2.45, 2.75) is 33.2 Å². The second kappa shape index (κ2) is 6.05. The summed E-state index contributed by atoms with van der Waals surface area (Å²) in [5.41, 5.74) is 2.91. The van der Waals surface area contributed by atoms with Gasteiger partial charge in [-0.1, -0.05) is 0 Å². The number of aromatic nitrogens is 1. The molecule has 1 N–H and O–H groups in total. The summed E-state index contributed by atoms with van der Waals surface area (Å²) in [6.07, 6.45) is 1.50. The van der Waals surface area contributed by atoms with Crippen LogP contribution in [-0.4, -0.2) is 27.6 Å². The van der Waals surface area contributed by atoms with E-state index in [1.54, 1.807) is 0 Å². The van der Waals surface area contributed by atoms with Gasteiger partial charge in [-0.15, -0.1) is 12.4 Å². The molecular formula is C13H19ClN2O2. The molecule has 5 heteroatoms. The fraction of sp³-hybridized carbons (Fsp3) is 0.538. The van der Waals surface area contributed by atoms with Gasteiger partial charge in [-0.3, -0.25) is 4.98 Å². The lowest BCUT2D eigenvalue weighted by Crippen LogP contribution is -2.31. The number of carboxylic acid groups (broad SMARTS) is 1. The number of halogens is 1. The molecule has 0 aromatic carbocycles. The minimum atomic E-state index is -0.830. The summed E-state index contributed by atoms with van der Waals surface area (Å²) in [5, 5.41) is 9.16. The lowest BCUT2D eigenvalue weighted by atomic mass is 10.2. The standard InChI is InChI=1S/C13H18N2O2.ClH/c1-9-5-12(6-10(2)14-9)8-15(13(16)17)7-11-3-4-11;/h5-6,11H,3-4,7-8H2,1-2H3,(H,16,17);1H. The number of carbonyl (C=O) groups is 1. The van der Waals surface area contributed by atoms with E-state index in [0.29, 0.717) is 19.0 Å². The van der Waals surface area contributed by atoms with E-state index in [1.165, 1.54) is 4.90 Å². The molecule has 100 valence electrons. The van der Waals surface area contributed by atoms with Crippen molar-refractivity contribution in [2.75, 3.05) is 6.54 Å². The third-order valence-electron chi connectivity index (χ3n) is 2.96. The molecule has 1 fully saturated rings. The van der Waals surface area contributed by atoms with Gasteiger partial charge in [-0.05, 0) is 50.3 Å². The molecule has 0 aliphatic heterocycles. The smallest absolute Gasteiger partial charge is 0.407 e. The van der Waals surface area contributed by atoms with E-state index in [4.69, 9.17) is 5.11 Å². The second-order valence-corrected chi connectivity index (χ2v) is 4.86. The van der Waals surface area contributed by atoms with Crippen molar-refractivity contribution < 1.29 is 9.90 Å². The van der Waals surface area contributed by atoms with Crippen LogP contribution in [0, 0.1) is 19.8 Å². The van der Waals surface area contributed by atoms with Crippen molar-refractivity contribution >= 4 is 18.5 Å². The first-order valence-electron chi connectivity index (χ1n) is 5.96. The normalized spacial score (nSPS) is 13.9. The van der Waals surface area contributed by atoms with Crippen LogP contribution in [0.4, 0.5) is 4.79 Å². The third-order valence-corrected chi connectivity index (χ3v) is 2.96. The first kappa shape index (κ1) is 14.8. The average Bonchev–Trinajstić information content (AvgIpc) is 2.98. The maximum absolute atomic E-state index is 11.1. The molecule has 1 aliphatic carbocycles. The van der Waals surface area contributed by atoms with Crippen LogP contribution in [0.1, 0.15) is 29.8 Å². The Hall–Kier alpha value is -1.29. The Morgan fingerprint density at radius 3 is 2.39 bits per heavy atom. The van der Waals surface area contributed by atoms with Crippen molar-refractivity contribution in [3.8, 4) is 0 Å². The summed E-state index contributed by atoms with van der Waals surface area (Å²) in [6, 6.07) is 3.91. The summed E-state index contributed by atoms with van der Waals surface area (Å²) in [4.78, 5) is 16.9. The molecule has 4 nitrogen and oxygen atoms in total. The maximum Gasteiger partial charge on any atom is 0.407 e. The van der Waals surface area contributed by atoms with Gasteiger partial charge in [0.25, 0.3) is 0 Å². The van der Waals surface area contributed by atoms with Crippen molar-refractivity contribution in [1.29, 1.82) is 0 Å². The summed E-state index contributed by atoms with van der Waals surface area (Å²) in [7, 11) is 0. The molecule has 1 aromatic rings. The van der Waals surface area contributed by atoms with Crippen LogP contribution in [0.25, 0.3) is 0 Å². The molecular weight excluding hydrogens is 252 g/mol. The van der Waals surface area contributed by atoms with Crippen LogP contribution >= 0.6 is 12.4 Å². The number of aryl methyl sites for hydroxylation is 2. The molecule has 0 bridgehead atoms. The fourth-order valence-electron chi connectivity index (χ4n) is 2.06. The van der Waals surface area contributed by atoms with Crippen LogP contribution < -0.4 is 0 Å². The molecule has 2 rings (SSSR count). The van der Waals surface area contributed by atoms with E-state index >= 15 is 0 Å². The zero-order valence-corrected chi connectivity index (χ0v) is 11.5. The fourth-order valence-corrected chi connectivity index (χ4v) is 2.06. The molecule has 1 saturated carbocycles. The van der Waals surface area contributed by atoms with Gasteiger partial charge in [0.05, 0.1) is 0 Å². The molecule has 0 saturated heterocycles. The largest absolute Gasteiger partial charge is 0.465 e. The highest BCUT2D eigenvalue weighted by Crippen LogP contribution is 2.30. The van der Waals surface area contributed by atoms with Crippen LogP contribution in [0.5, 0.6) is 0 Å². The van der Waals surface area contributed by atoms with Gasteiger partial charge >= 0.3 is 6.09 Å². The number of amides is 1. The summed E-state index contributed by atoms with van der Waals surface area (Å²) >= 11 is 0. The molecule has 1 amide bonds. The van der Waals surface area contributed by atoms with Crippen LogP contribution in [0.2, 0.25) is 0 Å². The van der Waals surface area contributed by atoms with Gasteiger partial charge in [0.2, 0.25) is 0 Å². The SMILES string of the molecule is Cc1cc(CN(CC2CC2)C(=O)O)cc(C)n1.Cl. The number of rotatable bonds is 4. The molecule has 1 aliphatic rings. The molecule has 1 heterocycles. The van der Waals surface area contributed by atoms with Gasteiger partial charge in [0.15, 0.2) is 0 Å². The van der Waals surface area contributed by atoms with Gasteiger partial charge in [-0.25, -0.2) is 4.79 Å². The first-order chi connectivity index (χ1) is 8.04. The van der Waals surface area contributed by atoms with E-state index in [2.05, 4.69) is 4.98 Å². The number of hydrogen-bond donors (Lipinski definition) is 1. The van der Waals surface area contributed by atoms with E-state index in [9.17, 15) is 4.79 Å². The number of nitrogens with zero attached hydrogens (tertiary/aromatic N) is 2. The summed E-state index contributed by atoms with van der Waals surface area (Å²) < 4.78 is 0. The maximum atomic E-state index is 11.1. The molecule has 0 unspecified atom stereocenters. The highest BCUT2D eigenvalue weighted by atomic mass is 35.5. The lowest BCUT2D eigenvalue weighted by molar-refractivity contribution is 0.140. The topological polar surface area (TPSA) is 53.4 Å². The van der Waals surface area contributed by atoms with E-state index in [1.807, 2.05) is 26.0 Å². The molecule has 18 heavy (non-hydrogen) atoms. The van der Waals surface area contributed by atoms with Crippen molar-refractivity contribution in [2.24, 2.45) is 5.92 Å². The monoisotopic (exact) mass is 270 g/mol. The van der Waals surface area contributed by atoms with Crippen molar-refractivity contribution in [1.82, 2.24) is 9.88 Å². The van der Waals surface area contributed by atoms with Gasteiger partial charge in [0.1, 0.15) is 0 Å². The van der Waals surface area contributed by atoms with Crippen LogP contribution in [0.3, 0.4) is 0 Å². The van der Waals surface area contributed by atoms with Gasteiger partial charge < -0.3 is 10.0 Å². The Kier molecular flexibility index (Phi) is 4.96. The minimum absolute atomic E-state index is 0. The Labute approximate surface area is 113 Å². The lowest BCUT2D eigenvalue weighted by Gasteiger charge is -2.19. The van der Waals surface area contributed by atoms with Crippen molar-refractivity contribution in [3.63, 3.8) is 0 Å². The Morgan fingerprint density at radius 2 is 1.94 bits per heavy atom. The van der Waals surface area contributed by atoms with Gasteiger partial charge in [-0.2, -0.15) is 0 Å². The van der Waals surface area contributed by atoms with E-state index in [0.717, 1.165) is 29.8 Å². The Morgan fingerprint density at radius 1 is 1.39 bits per heavy atom. The number of pyridine rings is 1. The Balaban J connectivity index is 0.00000162. The summed E-state index contributed by atoms with van der Waals surface area (Å²) in [6.45, 7) is 5.00. The highest BCUT2D eigenvalue weighted by Gasteiger charge is 2.26. The van der Waals surface area contributed by atoms with E-state index < -0.39 is 6.09 Å². The number of hydrogen-bond acceptors (Lipinski definition) is 2. The quantitative estimate of drug-likeness (QED) is 0.915. The first-order valence-corrected chi connectivity index (χ1v) is 5.96. The molecule has 1 aromatic heterocycles. The second-order valence-electron chi connectivity index (χ2n) is 4.86. The average molecular weight is 271 g/mol. The molecule has 0 spiro atoms. The van der Waals surface area contributed by atoms with E-state index in [-0.39, 0.29) is 12.4 Å². The van der Waals surface area contributed by atoms with Crippen LogP contribution in [0.15, 0.2) is 12.1 Å². The minimum Gasteiger partial charge on any atom is -0.465 e. The predicted molar refractivity (Wildman–Crippen MR) is 72.1 cm³/mol. The zero-order valence-electron chi connectivity index (χ0n) is 10.7. The third kappa shape index (κ3) is 4.18. The van der Waals surface area contributed by atoms with Gasteiger partial charge in [0, 0.05) is 24.5 Å². The highest BCUT2D eigenvalue weighted by molar-refractivity contribution is 5.85. The van der Waals surface area contributed by atoms with Crippen molar-refractivity contribution in [3.05, 3.63) is 29.1 Å². The summed E-state index contributed by atoms with van der Waals surface area (Å²) in [5.74, 6) is 0.579. The Bertz CT molecular complexity index is 413. The predicted octanol–water partition coefficient (Wildman–Crippen LogP) is 3.01. The molecule has 0 atom stereocenters. The molecule has 0 radical (unpaired) electrons. The van der Waals surface area contributed by atoms with Crippen LogP contribution in [-0.2, 0) is 6.54 Å². The zero-order chi connectivity index (χ0) is 12.4.